The van der Waals surface area contributed by atoms with Crippen molar-refractivity contribution in [1.29, 1.82) is 0 Å². The highest BCUT2D eigenvalue weighted by molar-refractivity contribution is 7.17. The van der Waals surface area contributed by atoms with E-state index in [1.54, 1.807) is 0 Å². The maximum absolute atomic E-state index is 13.5. The number of benzene rings is 2. The lowest BCUT2D eigenvalue weighted by molar-refractivity contribution is 0.100. The molecule has 0 bridgehead atoms. The van der Waals surface area contributed by atoms with E-state index in [0.717, 1.165) is 58.3 Å². The second-order valence-electron chi connectivity index (χ2n) is 8.60. The van der Waals surface area contributed by atoms with Crippen molar-refractivity contribution in [3.05, 3.63) is 81.2 Å². The van der Waals surface area contributed by atoms with E-state index in [4.69, 9.17) is 10.7 Å². The minimum atomic E-state index is -0.486. The number of hydrogen-bond acceptors (Lipinski definition) is 4. The number of nitrogens with one attached hydrogen (secondary N) is 1. The van der Waals surface area contributed by atoms with Gasteiger partial charge in [0.2, 0.25) is 0 Å². The Labute approximate surface area is 196 Å². The van der Waals surface area contributed by atoms with Crippen LogP contribution in [0.4, 0.5) is 5.00 Å². The summed E-state index contributed by atoms with van der Waals surface area (Å²) in [6.45, 7) is 4.14. The zero-order valence-electron chi connectivity index (χ0n) is 18.7. The number of anilines is 1. The summed E-state index contributed by atoms with van der Waals surface area (Å²) >= 11 is 1.47. The van der Waals surface area contributed by atoms with E-state index in [9.17, 15) is 9.59 Å². The predicted molar refractivity (Wildman–Crippen MR) is 134 cm³/mol. The maximum atomic E-state index is 13.5. The number of carbonyl (C=O) groups is 2. The fourth-order valence-electron chi connectivity index (χ4n) is 4.50. The Morgan fingerprint density at radius 2 is 1.79 bits per heavy atom. The second-order valence-corrected chi connectivity index (χ2v) is 9.71. The fourth-order valence-corrected chi connectivity index (χ4v) is 5.79. The lowest BCUT2D eigenvalue weighted by Crippen LogP contribution is -2.19. The molecule has 0 atom stereocenters. The quantitative estimate of drug-likeness (QED) is 0.407. The van der Waals surface area contributed by atoms with E-state index in [1.807, 2.05) is 36.4 Å². The molecule has 1 aliphatic carbocycles. The van der Waals surface area contributed by atoms with Crippen LogP contribution in [0, 0.1) is 13.8 Å². The van der Waals surface area contributed by atoms with Gasteiger partial charge in [0.15, 0.2) is 0 Å². The molecule has 0 spiro atoms. The van der Waals surface area contributed by atoms with Crippen LogP contribution >= 0.6 is 11.3 Å². The van der Waals surface area contributed by atoms with Crippen molar-refractivity contribution >= 4 is 39.1 Å². The third-order valence-electron chi connectivity index (χ3n) is 6.41. The van der Waals surface area contributed by atoms with Crippen LogP contribution < -0.4 is 11.1 Å². The van der Waals surface area contributed by atoms with Crippen molar-refractivity contribution in [2.75, 3.05) is 5.32 Å². The number of hydrogen-bond donors (Lipinski definition) is 2. The Morgan fingerprint density at radius 1 is 1.00 bits per heavy atom. The maximum Gasteiger partial charge on any atom is 0.257 e. The van der Waals surface area contributed by atoms with Gasteiger partial charge in [-0.3, -0.25) is 9.59 Å². The van der Waals surface area contributed by atoms with Crippen molar-refractivity contribution in [1.82, 2.24) is 4.98 Å². The fraction of sp³-hybridized carbons (Fsp3) is 0.222. The molecule has 0 saturated heterocycles. The van der Waals surface area contributed by atoms with E-state index in [-0.39, 0.29) is 5.91 Å². The summed E-state index contributed by atoms with van der Waals surface area (Å²) in [5, 5.41) is 4.32. The van der Waals surface area contributed by atoms with Gasteiger partial charge in [-0.25, -0.2) is 4.98 Å². The topological polar surface area (TPSA) is 85.1 Å². The number of fused-ring (bicyclic) bond motifs is 2. The van der Waals surface area contributed by atoms with Crippen LogP contribution in [0.1, 0.15) is 55.1 Å². The van der Waals surface area contributed by atoms with Crippen molar-refractivity contribution in [3.8, 4) is 11.3 Å². The number of aryl methyl sites for hydroxylation is 3. The monoisotopic (exact) mass is 455 g/mol. The average Bonchev–Trinajstić information content (AvgIpc) is 3.18. The molecule has 0 radical (unpaired) electrons. The first kappa shape index (κ1) is 21.3. The van der Waals surface area contributed by atoms with Gasteiger partial charge in [-0.1, -0.05) is 30.3 Å². The standard InChI is InChI=1S/C27H25N3O2S/c1-15-11-12-17(13-16(15)2)22-14-20(18-7-3-5-9-21(18)29-22)26(32)30-27-24(25(28)31)19-8-4-6-10-23(19)33-27/h3,5,7,9,11-14H,4,6,8,10H2,1-2H3,(H2,28,31)(H,30,32). The third-order valence-corrected chi connectivity index (χ3v) is 7.62. The first-order valence-electron chi connectivity index (χ1n) is 11.2. The minimum absolute atomic E-state index is 0.264. The Bertz CT molecular complexity index is 1420. The molecule has 6 heteroatoms. The zero-order valence-corrected chi connectivity index (χ0v) is 19.5. The van der Waals surface area contributed by atoms with Gasteiger partial charge in [0.05, 0.1) is 22.3 Å². The van der Waals surface area contributed by atoms with Crippen LogP contribution in [0.2, 0.25) is 0 Å². The molecule has 2 heterocycles. The number of aromatic nitrogens is 1. The molecule has 0 fully saturated rings. The molecule has 0 saturated carbocycles. The molecule has 5 nitrogen and oxygen atoms in total. The van der Waals surface area contributed by atoms with Crippen LogP contribution in [0.15, 0.2) is 48.5 Å². The van der Waals surface area contributed by atoms with Crippen LogP contribution in [-0.2, 0) is 12.8 Å². The molecule has 0 unspecified atom stereocenters. The second kappa shape index (κ2) is 8.45. The SMILES string of the molecule is Cc1ccc(-c2cc(C(=O)Nc3sc4c(c3C(N)=O)CCCC4)c3ccccc3n2)cc1C. The minimum Gasteiger partial charge on any atom is -0.365 e. The Morgan fingerprint density at radius 3 is 2.58 bits per heavy atom. The number of carbonyl (C=O) groups excluding carboxylic acids is 2. The smallest absolute Gasteiger partial charge is 0.257 e. The largest absolute Gasteiger partial charge is 0.365 e. The van der Waals surface area contributed by atoms with Crippen LogP contribution in [-0.4, -0.2) is 16.8 Å². The lowest BCUT2D eigenvalue weighted by atomic mass is 9.95. The molecule has 5 rings (SSSR count). The Balaban J connectivity index is 1.60. The van der Waals surface area contributed by atoms with Gasteiger partial charge in [-0.2, -0.15) is 0 Å². The van der Waals surface area contributed by atoms with Gasteiger partial charge in [0, 0.05) is 15.8 Å². The van der Waals surface area contributed by atoms with E-state index < -0.39 is 5.91 Å². The van der Waals surface area contributed by atoms with Gasteiger partial charge in [0.1, 0.15) is 5.00 Å². The Kier molecular flexibility index (Phi) is 5.46. The first-order valence-corrected chi connectivity index (χ1v) is 12.0. The zero-order chi connectivity index (χ0) is 23.1. The van der Waals surface area contributed by atoms with Crippen molar-refractivity contribution in [2.24, 2.45) is 5.73 Å². The van der Waals surface area contributed by atoms with Gasteiger partial charge < -0.3 is 11.1 Å². The number of amides is 2. The van der Waals surface area contributed by atoms with Crippen molar-refractivity contribution in [3.63, 3.8) is 0 Å². The Hall–Kier alpha value is -3.51. The number of nitrogens with zero attached hydrogens (tertiary/aromatic N) is 1. The molecule has 0 aliphatic heterocycles. The lowest BCUT2D eigenvalue weighted by Gasteiger charge is -2.12. The molecule has 1 aliphatic rings. The van der Waals surface area contributed by atoms with E-state index >= 15 is 0 Å². The summed E-state index contributed by atoms with van der Waals surface area (Å²) in [6.07, 6.45) is 3.87. The van der Waals surface area contributed by atoms with E-state index in [1.165, 1.54) is 22.5 Å². The predicted octanol–water partition coefficient (Wildman–Crippen LogP) is 5.81. The highest BCUT2D eigenvalue weighted by atomic mass is 32.1. The van der Waals surface area contributed by atoms with Crippen molar-refractivity contribution in [2.45, 2.75) is 39.5 Å². The summed E-state index contributed by atoms with van der Waals surface area (Å²) in [6, 6.07) is 15.6. The highest BCUT2D eigenvalue weighted by Gasteiger charge is 2.26. The molecular formula is C27H25N3O2S. The van der Waals surface area contributed by atoms with Gasteiger partial charge in [0.25, 0.3) is 11.8 Å². The molecule has 2 aromatic heterocycles. The number of thiophene rings is 1. The number of rotatable bonds is 4. The molecule has 2 amide bonds. The summed E-state index contributed by atoms with van der Waals surface area (Å²) in [4.78, 5) is 31.8. The van der Waals surface area contributed by atoms with Gasteiger partial charge in [-0.05, 0) is 74.4 Å². The molecular weight excluding hydrogens is 430 g/mol. The molecule has 2 aromatic carbocycles. The van der Waals surface area contributed by atoms with Crippen LogP contribution in [0.3, 0.4) is 0 Å². The van der Waals surface area contributed by atoms with Gasteiger partial charge in [-0.15, -0.1) is 11.3 Å². The van der Waals surface area contributed by atoms with Crippen LogP contribution in [0.25, 0.3) is 22.2 Å². The molecule has 166 valence electrons. The average molecular weight is 456 g/mol. The number of nitrogens with two attached hydrogens (primary N) is 1. The third kappa shape index (κ3) is 3.91. The highest BCUT2D eigenvalue weighted by Crippen LogP contribution is 2.38. The van der Waals surface area contributed by atoms with Gasteiger partial charge >= 0.3 is 0 Å². The summed E-state index contributed by atoms with van der Waals surface area (Å²) in [7, 11) is 0. The summed E-state index contributed by atoms with van der Waals surface area (Å²) < 4.78 is 0. The van der Waals surface area contributed by atoms with Crippen LogP contribution in [0.5, 0.6) is 0 Å². The molecule has 33 heavy (non-hydrogen) atoms. The first-order chi connectivity index (χ1) is 15.9. The normalized spacial score (nSPS) is 13.0. The van der Waals surface area contributed by atoms with E-state index in [2.05, 4.69) is 31.3 Å². The molecule has 4 aromatic rings. The van der Waals surface area contributed by atoms with Crippen molar-refractivity contribution < 1.29 is 9.59 Å². The number of pyridine rings is 1. The molecule has 3 N–H and O–H groups in total. The summed E-state index contributed by atoms with van der Waals surface area (Å²) in [5.74, 6) is -0.750. The number of primary amides is 1. The number of para-hydroxylation sites is 1. The summed E-state index contributed by atoms with van der Waals surface area (Å²) in [5.41, 5.74) is 12.5. The van der Waals surface area contributed by atoms with E-state index in [0.29, 0.717) is 16.1 Å².